The van der Waals surface area contributed by atoms with Crippen LogP contribution in [-0.2, 0) is 14.8 Å². The Morgan fingerprint density at radius 2 is 1.75 bits per heavy atom. The number of benzene rings is 2. The van der Waals surface area contributed by atoms with E-state index in [0.717, 1.165) is 24.3 Å². The van der Waals surface area contributed by atoms with E-state index >= 15 is 0 Å². The molecule has 0 radical (unpaired) electrons. The molecule has 0 aliphatic rings. The van der Waals surface area contributed by atoms with Gasteiger partial charge in [-0.1, -0.05) is 12.1 Å². The summed E-state index contributed by atoms with van der Waals surface area (Å²) in [6.07, 6.45) is -0.549. The van der Waals surface area contributed by atoms with Crippen molar-refractivity contribution in [1.82, 2.24) is 4.72 Å². The van der Waals surface area contributed by atoms with Gasteiger partial charge in [-0.15, -0.1) is 0 Å². The van der Waals surface area contributed by atoms with Gasteiger partial charge in [-0.2, -0.15) is 0 Å². The summed E-state index contributed by atoms with van der Waals surface area (Å²) in [4.78, 5) is 10.8. The first-order chi connectivity index (χ1) is 11.3. The highest BCUT2D eigenvalue weighted by Gasteiger charge is 2.22. The Morgan fingerprint density at radius 3 is 2.25 bits per heavy atom. The first-order valence-corrected chi connectivity index (χ1v) is 8.42. The van der Waals surface area contributed by atoms with E-state index in [1.165, 1.54) is 7.11 Å². The molecule has 8 heteroatoms. The molecule has 1 N–H and O–H groups in total. The van der Waals surface area contributed by atoms with E-state index in [1.54, 1.807) is 24.3 Å². The molecule has 0 aliphatic carbocycles. The van der Waals surface area contributed by atoms with Gasteiger partial charge in [-0.3, -0.25) is 0 Å². The summed E-state index contributed by atoms with van der Waals surface area (Å²) in [6, 6.07) is 9.47. The van der Waals surface area contributed by atoms with Crippen molar-refractivity contribution in [3.8, 4) is 5.75 Å². The molecule has 0 aromatic heterocycles. The van der Waals surface area contributed by atoms with E-state index in [0.29, 0.717) is 11.3 Å². The second-order valence-electron chi connectivity index (χ2n) is 4.98. The lowest BCUT2D eigenvalue weighted by Crippen LogP contribution is -2.34. The number of carboxylic acid groups (broad SMARTS) is 1. The van der Waals surface area contributed by atoms with Crippen LogP contribution < -0.4 is 14.6 Å². The number of rotatable bonds is 7. The van der Waals surface area contributed by atoms with Gasteiger partial charge >= 0.3 is 0 Å². The van der Waals surface area contributed by atoms with Crippen molar-refractivity contribution in [3.05, 3.63) is 59.9 Å². The van der Waals surface area contributed by atoms with Gasteiger partial charge in [0.2, 0.25) is 10.0 Å². The molecule has 0 amide bonds. The summed E-state index contributed by atoms with van der Waals surface area (Å²) in [5, 5.41) is 11.0. The monoisotopic (exact) mass is 352 g/mol. The van der Waals surface area contributed by atoms with Crippen LogP contribution in [0.2, 0.25) is 0 Å². The fourth-order valence-corrected chi connectivity index (χ4v) is 3.32. The molecular formula is C16H15FNO5S-. The first-order valence-electron chi connectivity index (χ1n) is 6.93. The zero-order valence-corrected chi connectivity index (χ0v) is 13.5. The third-order valence-electron chi connectivity index (χ3n) is 3.31. The van der Waals surface area contributed by atoms with Gasteiger partial charge in [-0.25, -0.2) is 17.5 Å². The van der Waals surface area contributed by atoms with E-state index in [-0.39, 0.29) is 4.90 Å². The van der Waals surface area contributed by atoms with Gasteiger partial charge in [0.25, 0.3) is 0 Å². The number of hydrogen-bond acceptors (Lipinski definition) is 5. The predicted octanol–water partition coefficient (Wildman–Crippen LogP) is 0.994. The molecule has 1 atom stereocenters. The second kappa shape index (κ2) is 7.41. The van der Waals surface area contributed by atoms with Gasteiger partial charge in [0.05, 0.1) is 18.0 Å². The lowest BCUT2D eigenvalue weighted by atomic mass is 10.0. The van der Waals surface area contributed by atoms with E-state index < -0.39 is 34.3 Å². The SMILES string of the molecule is COc1ccc(C(CC(=O)[O-])NS(=O)(=O)c2ccc(F)cc2)cc1. The Bertz CT molecular complexity index is 803. The summed E-state index contributed by atoms with van der Waals surface area (Å²) in [6.45, 7) is 0. The van der Waals surface area contributed by atoms with E-state index in [2.05, 4.69) is 4.72 Å². The van der Waals surface area contributed by atoms with Crippen LogP contribution in [0, 0.1) is 5.82 Å². The zero-order valence-electron chi connectivity index (χ0n) is 12.7. The quantitative estimate of drug-likeness (QED) is 0.802. The van der Waals surface area contributed by atoms with Crippen molar-refractivity contribution in [2.45, 2.75) is 17.4 Å². The lowest BCUT2D eigenvalue weighted by molar-refractivity contribution is -0.306. The number of sulfonamides is 1. The van der Waals surface area contributed by atoms with Gasteiger partial charge in [0.15, 0.2) is 0 Å². The Hall–Kier alpha value is -2.45. The number of carbonyl (C=O) groups excluding carboxylic acids is 1. The lowest BCUT2D eigenvalue weighted by Gasteiger charge is -2.20. The Balaban J connectivity index is 2.30. The van der Waals surface area contributed by atoms with Crippen molar-refractivity contribution in [3.63, 3.8) is 0 Å². The summed E-state index contributed by atoms with van der Waals surface area (Å²) in [7, 11) is -2.55. The van der Waals surface area contributed by atoms with E-state index in [9.17, 15) is 22.7 Å². The van der Waals surface area contributed by atoms with Gasteiger partial charge in [0.1, 0.15) is 11.6 Å². The summed E-state index contributed by atoms with van der Waals surface area (Å²) >= 11 is 0. The molecule has 2 aromatic carbocycles. The number of nitrogens with one attached hydrogen (secondary N) is 1. The van der Waals surface area contributed by atoms with Crippen molar-refractivity contribution in [1.29, 1.82) is 0 Å². The van der Waals surface area contributed by atoms with Crippen molar-refractivity contribution in [2.75, 3.05) is 7.11 Å². The highest BCUT2D eigenvalue weighted by molar-refractivity contribution is 7.89. The van der Waals surface area contributed by atoms with E-state index in [4.69, 9.17) is 4.74 Å². The number of methoxy groups -OCH3 is 1. The highest BCUT2D eigenvalue weighted by atomic mass is 32.2. The number of carboxylic acids is 1. The maximum atomic E-state index is 12.9. The zero-order chi connectivity index (χ0) is 17.7. The molecule has 0 aliphatic heterocycles. The minimum Gasteiger partial charge on any atom is -0.550 e. The molecular weight excluding hydrogens is 337 g/mol. The van der Waals surface area contributed by atoms with Crippen LogP contribution in [0.3, 0.4) is 0 Å². The molecule has 0 spiro atoms. The molecule has 6 nitrogen and oxygen atoms in total. The molecule has 2 aromatic rings. The normalized spacial score (nSPS) is 12.6. The fraction of sp³-hybridized carbons (Fsp3) is 0.188. The molecule has 0 bridgehead atoms. The summed E-state index contributed by atoms with van der Waals surface area (Å²) in [5.41, 5.74) is 0.436. The highest BCUT2D eigenvalue weighted by Crippen LogP contribution is 2.22. The van der Waals surface area contributed by atoms with Crippen molar-refractivity contribution in [2.24, 2.45) is 0 Å². The van der Waals surface area contributed by atoms with Crippen molar-refractivity contribution < 1.29 is 27.4 Å². The van der Waals surface area contributed by atoms with Gasteiger partial charge in [-0.05, 0) is 42.0 Å². The minimum atomic E-state index is -4.02. The van der Waals surface area contributed by atoms with Crippen molar-refractivity contribution >= 4 is 16.0 Å². The third-order valence-corrected chi connectivity index (χ3v) is 4.80. The minimum absolute atomic E-state index is 0.166. The Labute approximate surface area is 138 Å². The van der Waals surface area contributed by atoms with Crippen LogP contribution in [0.5, 0.6) is 5.75 Å². The smallest absolute Gasteiger partial charge is 0.241 e. The van der Waals surface area contributed by atoms with Crippen LogP contribution in [0.25, 0.3) is 0 Å². The number of aliphatic carboxylic acids is 1. The number of halogens is 1. The molecule has 0 saturated carbocycles. The number of hydrogen-bond donors (Lipinski definition) is 1. The average Bonchev–Trinajstić information content (AvgIpc) is 2.54. The topological polar surface area (TPSA) is 95.5 Å². The third kappa shape index (κ3) is 4.53. The Morgan fingerprint density at radius 1 is 1.17 bits per heavy atom. The molecule has 0 heterocycles. The summed E-state index contributed by atoms with van der Waals surface area (Å²) in [5.74, 6) is -1.43. The van der Waals surface area contributed by atoms with Gasteiger partial charge < -0.3 is 14.6 Å². The molecule has 24 heavy (non-hydrogen) atoms. The molecule has 0 fully saturated rings. The number of carbonyl (C=O) groups is 1. The number of ether oxygens (including phenoxy) is 1. The maximum absolute atomic E-state index is 12.9. The Kier molecular flexibility index (Phi) is 5.53. The van der Waals surface area contributed by atoms with Crippen LogP contribution in [0.4, 0.5) is 4.39 Å². The standard InChI is InChI=1S/C16H16FNO5S/c1-23-13-6-2-11(3-7-13)15(10-16(19)20)18-24(21,22)14-8-4-12(17)5-9-14/h2-9,15,18H,10H2,1H3,(H,19,20)/p-1. The molecule has 0 saturated heterocycles. The largest absolute Gasteiger partial charge is 0.550 e. The molecule has 1 unspecified atom stereocenters. The predicted molar refractivity (Wildman–Crippen MR) is 82.1 cm³/mol. The van der Waals surface area contributed by atoms with E-state index in [1.807, 2.05) is 0 Å². The van der Waals surface area contributed by atoms with Gasteiger partial charge in [0, 0.05) is 12.4 Å². The maximum Gasteiger partial charge on any atom is 0.241 e. The molecule has 2 rings (SSSR count). The van der Waals surface area contributed by atoms with Crippen LogP contribution in [-0.4, -0.2) is 21.5 Å². The average molecular weight is 352 g/mol. The fourth-order valence-electron chi connectivity index (χ4n) is 2.10. The first kappa shape index (κ1) is 17.9. The second-order valence-corrected chi connectivity index (χ2v) is 6.69. The van der Waals surface area contributed by atoms with Crippen LogP contribution >= 0.6 is 0 Å². The summed E-state index contributed by atoms with van der Waals surface area (Å²) < 4.78 is 45.0. The van der Waals surface area contributed by atoms with Crippen LogP contribution in [0.15, 0.2) is 53.4 Å². The van der Waals surface area contributed by atoms with Crippen LogP contribution in [0.1, 0.15) is 18.0 Å². The molecule has 128 valence electrons.